The van der Waals surface area contributed by atoms with E-state index in [-0.39, 0.29) is 38.4 Å². The summed E-state index contributed by atoms with van der Waals surface area (Å²) >= 11 is 0. The molecule has 3 aliphatic rings. The normalized spacial score (nSPS) is 16.9. The van der Waals surface area contributed by atoms with Crippen LogP contribution in [0.15, 0.2) is 128 Å². The number of carbonyl (C=O) groups is 2. The molecule has 0 N–H and O–H groups in total. The van der Waals surface area contributed by atoms with E-state index in [2.05, 4.69) is 98.1 Å². The summed E-state index contributed by atoms with van der Waals surface area (Å²) in [5.74, 6) is 1.09. The molecule has 7 nitrogen and oxygen atoms in total. The quantitative estimate of drug-likeness (QED) is 0.0849. The van der Waals surface area contributed by atoms with Crippen molar-refractivity contribution in [2.45, 2.75) is 11.5 Å². The number of rotatable bonds is 10. The van der Waals surface area contributed by atoms with Crippen molar-refractivity contribution in [3.63, 3.8) is 0 Å². The smallest absolute Gasteiger partial charge is 0.330 e. The standard InChI is InChI=1S/C43H34O7/c1-3-39(44)48-25-23-46-37-17-9-13-31-29(37)19-21-35-41(31)50-42-32-14-10-18-38(47-24-26-49-40(45)4-2)30(32)20-22-36(42)43(35)33-15-7-5-11-27(33)28-12-6-8-16-34(28)43/h3-22,35,41H,1-2,23-26H2. The predicted octanol–water partition coefficient (Wildman–Crippen LogP) is 8.15. The van der Waals surface area contributed by atoms with Crippen LogP contribution >= 0.6 is 0 Å². The van der Waals surface area contributed by atoms with E-state index in [4.69, 9.17) is 23.7 Å². The molecule has 2 unspecified atom stereocenters. The maximum Gasteiger partial charge on any atom is 0.330 e. The highest BCUT2D eigenvalue weighted by atomic mass is 16.6. The number of hydrogen-bond donors (Lipinski definition) is 0. The molecule has 0 saturated heterocycles. The summed E-state index contributed by atoms with van der Waals surface area (Å²) in [7, 11) is 0. The lowest BCUT2D eigenvalue weighted by atomic mass is 9.58. The van der Waals surface area contributed by atoms with Crippen LogP contribution in [0.2, 0.25) is 0 Å². The van der Waals surface area contributed by atoms with Crippen molar-refractivity contribution in [2.75, 3.05) is 26.4 Å². The van der Waals surface area contributed by atoms with Crippen LogP contribution in [-0.2, 0) is 24.5 Å². The third-order valence-electron chi connectivity index (χ3n) is 9.84. The fourth-order valence-corrected chi connectivity index (χ4v) is 7.91. The van der Waals surface area contributed by atoms with E-state index >= 15 is 0 Å². The lowest BCUT2D eigenvalue weighted by molar-refractivity contribution is -0.139. The van der Waals surface area contributed by atoms with E-state index in [1.807, 2.05) is 24.3 Å². The van der Waals surface area contributed by atoms with Gasteiger partial charge in [0.1, 0.15) is 49.8 Å². The largest absolute Gasteiger partial charge is 0.489 e. The molecule has 50 heavy (non-hydrogen) atoms. The third kappa shape index (κ3) is 4.88. The number of benzene rings is 5. The van der Waals surface area contributed by atoms with Crippen molar-refractivity contribution in [3.05, 3.63) is 156 Å². The van der Waals surface area contributed by atoms with E-state index in [1.54, 1.807) is 0 Å². The Hall–Kier alpha value is -6.08. The van der Waals surface area contributed by atoms with Crippen LogP contribution in [0.5, 0.6) is 17.2 Å². The molecular weight excluding hydrogens is 628 g/mol. The molecule has 0 aromatic heterocycles. The second-order valence-corrected chi connectivity index (χ2v) is 12.3. The fourth-order valence-electron chi connectivity index (χ4n) is 7.91. The van der Waals surface area contributed by atoms with Gasteiger partial charge < -0.3 is 23.7 Å². The van der Waals surface area contributed by atoms with Crippen LogP contribution in [0, 0.1) is 5.92 Å². The summed E-state index contributed by atoms with van der Waals surface area (Å²) in [6.45, 7) is 7.51. The molecule has 5 aromatic carbocycles. The molecule has 0 bridgehead atoms. The van der Waals surface area contributed by atoms with Gasteiger partial charge in [0.2, 0.25) is 0 Å². The Balaban J connectivity index is 1.28. The zero-order valence-corrected chi connectivity index (χ0v) is 27.3. The van der Waals surface area contributed by atoms with Crippen LogP contribution < -0.4 is 14.2 Å². The highest BCUT2D eigenvalue weighted by molar-refractivity contribution is 5.97. The fraction of sp³-hybridized carbons (Fsp3) is 0.163. The van der Waals surface area contributed by atoms with Gasteiger partial charge in [-0.1, -0.05) is 110 Å². The molecule has 1 aliphatic heterocycles. The van der Waals surface area contributed by atoms with Gasteiger partial charge >= 0.3 is 11.9 Å². The van der Waals surface area contributed by atoms with Crippen molar-refractivity contribution in [3.8, 4) is 28.4 Å². The summed E-state index contributed by atoms with van der Waals surface area (Å²) < 4.78 is 29.8. The molecule has 2 aliphatic carbocycles. The first kappa shape index (κ1) is 31.2. The van der Waals surface area contributed by atoms with Gasteiger partial charge in [-0.3, -0.25) is 0 Å². The Bertz CT molecular complexity index is 2170. The first-order chi connectivity index (χ1) is 24.6. The molecule has 5 aromatic rings. The van der Waals surface area contributed by atoms with Gasteiger partial charge in [0.05, 0.1) is 5.41 Å². The average molecular weight is 663 g/mol. The Morgan fingerprint density at radius 3 is 1.96 bits per heavy atom. The van der Waals surface area contributed by atoms with Crippen LogP contribution in [0.4, 0.5) is 0 Å². The molecule has 2 atom stereocenters. The van der Waals surface area contributed by atoms with Crippen LogP contribution in [-0.4, -0.2) is 38.4 Å². The first-order valence-corrected chi connectivity index (χ1v) is 16.6. The zero-order chi connectivity index (χ0) is 34.2. The van der Waals surface area contributed by atoms with Crippen molar-refractivity contribution in [2.24, 2.45) is 5.92 Å². The summed E-state index contributed by atoms with van der Waals surface area (Å²) in [4.78, 5) is 23.1. The SMILES string of the molecule is C=CC(=O)OCCOc1cccc2c1C=CC1C2Oc2c(ccc3c(OCCOC(=O)C=C)cccc23)C12c1ccccc1-c1ccccc12. The summed E-state index contributed by atoms with van der Waals surface area (Å²) in [6, 6.07) is 33.6. The van der Waals surface area contributed by atoms with Gasteiger partial charge in [-0.25, -0.2) is 9.59 Å². The number of fused-ring (bicyclic) bond motifs is 13. The minimum Gasteiger partial charge on any atom is -0.489 e. The van der Waals surface area contributed by atoms with E-state index in [0.717, 1.165) is 45.4 Å². The van der Waals surface area contributed by atoms with Crippen LogP contribution in [0.25, 0.3) is 28.0 Å². The highest BCUT2D eigenvalue weighted by Crippen LogP contribution is 2.65. The first-order valence-electron chi connectivity index (χ1n) is 16.6. The minimum absolute atomic E-state index is 0.0903. The zero-order valence-electron chi connectivity index (χ0n) is 27.3. The number of hydrogen-bond acceptors (Lipinski definition) is 7. The van der Waals surface area contributed by atoms with Crippen molar-refractivity contribution in [1.82, 2.24) is 0 Å². The van der Waals surface area contributed by atoms with Gasteiger partial charge in [-0.2, -0.15) is 0 Å². The molecule has 7 heteroatoms. The number of ether oxygens (including phenoxy) is 5. The van der Waals surface area contributed by atoms with Crippen molar-refractivity contribution < 1.29 is 33.3 Å². The Labute approximate surface area is 290 Å². The van der Waals surface area contributed by atoms with Gasteiger partial charge in [0, 0.05) is 45.5 Å². The van der Waals surface area contributed by atoms with Crippen LogP contribution in [0.1, 0.15) is 33.9 Å². The summed E-state index contributed by atoms with van der Waals surface area (Å²) in [6.07, 6.45) is 6.33. The lowest BCUT2D eigenvalue weighted by Crippen LogP contribution is -2.45. The van der Waals surface area contributed by atoms with E-state index < -0.39 is 17.4 Å². The van der Waals surface area contributed by atoms with E-state index in [9.17, 15) is 9.59 Å². The van der Waals surface area contributed by atoms with Gasteiger partial charge in [0.25, 0.3) is 0 Å². The molecule has 248 valence electrons. The Morgan fingerprint density at radius 1 is 0.660 bits per heavy atom. The molecule has 1 heterocycles. The molecule has 1 spiro atoms. The molecule has 0 radical (unpaired) electrons. The molecule has 0 amide bonds. The van der Waals surface area contributed by atoms with Gasteiger partial charge in [-0.05, 0) is 34.4 Å². The molecular formula is C43H34O7. The van der Waals surface area contributed by atoms with Crippen molar-refractivity contribution >= 4 is 28.8 Å². The Morgan fingerprint density at radius 2 is 1.28 bits per heavy atom. The lowest BCUT2D eigenvalue weighted by Gasteiger charge is -2.49. The molecule has 0 fully saturated rings. The highest BCUT2D eigenvalue weighted by Gasteiger charge is 2.57. The third-order valence-corrected chi connectivity index (χ3v) is 9.84. The maximum atomic E-state index is 11.6. The Kier molecular flexibility index (Phi) is 7.96. The minimum atomic E-state index is -0.556. The van der Waals surface area contributed by atoms with E-state index in [1.165, 1.54) is 22.3 Å². The van der Waals surface area contributed by atoms with E-state index in [0.29, 0.717) is 11.5 Å². The molecule has 0 saturated carbocycles. The molecule has 8 rings (SSSR count). The van der Waals surface area contributed by atoms with Gasteiger partial charge in [0.15, 0.2) is 0 Å². The number of carbonyl (C=O) groups excluding carboxylic acids is 2. The van der Waals surface area contributed by atoms with Gasteiger partial charge in [-0.15, -0.1) is 0 Å². The second-order valence-electron chi connectivity index (χ2n) is 12.3. The monoisotopic (exact) mass is 662 g/mol. The summed E-state index contributed by atoms with van der Waals surface area (Å²) in [5, 5.41) is 1.82. The second kappa shape index (κ2) is 12.7. The topological polar surface area (TPSA) is 80.3 Å². The number of esters is 2. The van der Waals surface area contributed by atoms with Crippen LogP contribution in [0.3, 0.4) is 0 Å². The maximum absolute atomic E-state index is 11.6. The van der Waals surface area contributed by atoms with Crippen molar-refractivity contribution in [1.29, 1.82) is 0 Å². The summed E-state index contributed by atoms with van der Waals surface area (Å²) in [5.41, 5.74) is 7.38. The predicted molar refractivity (Wildman–Crippen MR) is 191 cm³/mol. The average Bonchev–Trinajstić information content (AvgIpc) is 3.45.